The number of carbonyl (C=O) groups excluding carboxylic acids is 2. The van der Waals surface area contributed by atoms with Crippen LogP contribution in [-0.4, -0.2) is 28.3 Å². The van der Waals surface area contributed by atoms with Gasteiger partial charge in [-0.3, -0.25) is 30.6 Å². The number of anilines is 1. The summed E-state index contributed by atoms with van der Waals surface area (Å²) in [7, 11) is 0. The first-order valence-corrected chi connectivity index (χ1v) is 10.4. The summed E-state index contributed by atoms with van der Waals surface area (Å²) in [6.45, 7) is 2.26. The summed E-state index contributed by atoms with van der Waals surface area (Å²) in [6.07, 6.45) is 0.730. The molecular formula is C21H21N5O4S. The van der Waals surface area contributed by atoms with Gasteiger partial charge in [0.15, 0.2) is 0 Å². The number of nitrogens with zero attached hydrogens (tertiary/aromatic N) is 2. The van der Waals surface area contributed by atoms with Gasteiger partial charge in [-0.15, -0.1) is 11.3 Å². The molecule has 0 atom stereocenters. The van der Waals surface area contributed by atoms with Crippen LogP contribution in [0.4, 0.5) is 11.4 Å². The minimum atomic E-state index is -0.460. The third-order valence-corrected chi connectivity index (χ3v) is 5.53. The average Bonchev–Trinajstić information content (AvgIpc) is 3.17. The van der Waals surface area contributed by atoms with Crippen LogP contribution in [0.25, 0.3) is 10.6 Å². The second-order valence-corrected chi connectivity index (χ2v) is 7.64. The zero-order chi connectivity index (χ0) is 22.2. The third-order valence-electron chi connectivity index (χ3n) is 4.33. The Kier molecular flexibility index (Phi) is 7.28. The van der Waals surface area contributed by atoms with Gasteiger partial charge in [0.05, 0.1) is 10.6 Å². The Morgan fingerprint density at radius 3 is 2.45 bits per heavy atom. The van der Waals surface area contributed by atoms with Crippen LogP contribution in [0.1, 0.15) is 28.2 Å². The monoisotopic (exact) mass is 439 g/mol. The number of thiazole rings is 1. The predicted octanol–water partition coefficient (Wildman–Crippen LogP) is 3.68. The highest BCUT2D eigenvalue weighted by Gasteiger charge is 2.16. The molecule has 1 heterocycles. The first-order chi connectivity index (χ1) is 14.9. The van der Waals surface area contributed by atoms with Gasteiger partial charge in [0.1, 0.15) is 9.88 Å². The van der Waals surface area contributed by atoms with Crippen molar-refractivity contribution in [1.29, 1.82) is 0 Å². The number of rotatable bonds is 8. The largest absolute Gasteiger partial charge is 0.385 e. The molecule has 3 aromatic rings. The van der Waals surface area contributed by atoms with Gasteiger partial charge in [0, 0.05) is 36.3 Å². The van der Waals surface area contributed by atoms with Crippen molar-refractivity contribution in [3.63, 3.8) is 0 Å². The molecule has 10 heteroatoms. The topological polar surface area (TPSA) is 126 Å². The summed E-state index contributed by atoms with van der Waals surface area (Å²) in [4.78, 5) is 39.4. The molecule has 3 rings (SSSR count). The molecule has 2 aromatic carbocycles. The molecule has 2 amide bonds. The second kappa shape index (κ2) is 10.3. The molecule has 9 nitrogen and oxygen atoms in total. The Morgan fingerprint density at radius 1 is 1.06 bits per heavy atom. The zero-order valence-electron chi connectivity index (χ0n) is 16.8. The van der Waals surface area contributed by atoms with E-state index in [0.29, 0.717) is 23.5 Å². The van der Waals surface area contributed by atoms with E-state index >= 15 is 0 Å². The van der Waals surface area contributed by atoms with Gasteiger partial charge in [-0.1, -0.05) is 30.3 Å². The lowest BCUT2D eigenvalue weighted by atomic mass is 10.2. The minimum absolute atomic E-state index is 0.0211. The van der Waals surface area contributed by atoms with Crippen LogP contribution in [0, 0.1) is 17.0 Å². The maximum atomic E-state index is 12.4. The van der Waals surface area contributed by atoms with E-state index in [2.05, 4.69) is 21.2 Å². The normalized spacial score (nSPS) is 10.4. The van der Waals surface area contributed by atoms with Crippen molar-refractivity contribution in [3.05, 3.63) is 75.3 Å². The highest BCUT2D eigenvalue weighted by atomic mass is 32.1. The summed E-state index contributed by atoms with van der Waals surface area (Å²) < 4.78 is 0. The Hall–Kier alpha value is -3.79. The fourth-order valence-corrected chi connectivity index (χ4v) is 3.71. The fraction of sp³-hybridized carbons (Fsp3) is 0.190. The number of nitro groups is 1. The smallest absolute Gasteiger partial charge is 0.281 e. The third kappa shape index (κ3) is 6.09. The molecule has 0 radical (unpaired) electrons. The number of benzene rings is 2. The highest BCUT2D eigenvalue weighted by Crippen LogP contribution is 2.27. The van der Waals surface area contributed by atoms with Gasteiger partial charge in [-0.25, -0.2) is 4.98 Å². The van der Waals surface area contributed by atoms with E-state index in [4.69, 9.17) is 0 Å². The molecule has 1 aromatic heterocycles. The number of hydrogen-bond donors (Lipinski definition) is 3. The van der Waals surface area contributed by atoms with Gasteiger partial charge in [-0.05, 0) is 25.5 Å². The van der Waals surface area contributed by atoms with E-state index in [1.54, 1.807) is 19.1 Å². The molecule has 0 bridgehead atoms. The van der Waals surface area contributed by atoms with Crippen LogP contribution in [0.15, 0.2) is 54.6 Å². The first kappa shape index (κ1) is 21.9. The number of aryl methyl sites for hydroxylation is 1. The molecule has 0 aliphatic heterocycles. The molecule has 0 spiro atoms. The van der Waals surface area contributed by atoms with Crippen molar-refractivity contribution in [2.75, 3.05) is 11.9 Å². The quantitative estimate of drug-likeness (QED) is 0.279. The van der Waals surface area contributed by atoms with Crippen LogP contribution in [0.2, 0.25) is 0 Å². The molecule has 0 saturated carbocycles. The number of hydrazine groups is 1. The standard InChI is InChI=1S/C21H21N5O4S/c1-14-19(31-21(23-14)15-6-3-2-4-7-15)20(28)25-24-18(27)8-5-13-22-16-9-11-17(12-10-16)26(29)30/h2-4,6-7,9-12,22H,5,8,13H2,1H3,(H,24,27)(H,25,28). The van der Waals surface area contributed by atoms with Gasteiger partial charge in [0.25, 0.3) is 11.6 Å². The summed E-state index contributed by atoms with van der Waals surface area (Å²) in [5.74, 6) is -0.723. The van der Waals surface area contributed by atoms with E-state index in [0.717, 1.165) is 16.3 Å². The summed E-state index contributed by atoms with van der Waals surface area (Å²) in [5.41, 5.74) is 7.12. The first-order valence-electron chi connectivity index (χ1n) is 9.54. The fourth-order valence-electron chi connectivity index (χ4n) is 2.74. The number of non-ortho nitro benzene ring substituents is 1. The molecule has 3 N–H and O–H groups in total. The van der Waals surface area contributed by atoms with Crippen molar-refractivity contribution < 1.29 is 14.5 Å². The number of nitrogens with one attached hydrogen (secondary N) is 3. The van der Waals surface area contributed by atoms with Gasteiger partial charge in [-0.2, -0.15) is 0 Å². The molecule has 160 valence electrons. The van der Waals surface area contributed by atoms with Crippen LogP contribution in [0.5, 0.6) is 0 Å². The van der Waals surface area contributed by atoms with Gasteiger partial charge >= 0.3 is 0 Å². The Morgan fingerprint density at radius 2 is 1.77 bits per heavy atom. The predicted molar refractivity (Wildman–Crippen MR) is 119 cm³/mol. The van der Waals surface area contributed by atoms with Crippen molar-refractivity contribution in [2.45, 2.75) is 19.8 Å². The Balaban J connectivity index is 1.41. The molecule has 0 fully saturated rings. The number of carbonyl (C=O) groups is 2. The maximum absolute atomic E-state index is 12.4. The van der Waals surface area contributed by atoms with Crippen molar-refractivity contribution in [3.8, 4) is 10.6 Å². The average molecular weight is 439 g/mol. The molecule has 0 aliphatic carbocycles. The minimum Gasteiger partial charge on any atom is -0.385 e. The van der Waals surface area contributed by atoms with Crippen LogP contribution in [0.3, 0.4) is 0 Å². The molecule has 0 saturated heterocycles. The van der Waals surface area contributed by atoms with Crippen LogP contribution >= 0.6 is 11.3 Å². The van der Waals surface area contributed by atoms with Crippen molar-refractivity contribution >= 4 is 34.5 Å². The lowest BCUT2D eigenvalue weighted by molar-refractivity contribution is -0.384. The number of amides is 2. The van der Waals surface area contributed by atoms with E-state index in [-0.39, 0.29) is 18.0 Å². The zero-order valence-corrected chi connectivity index (χ0v) is 17.6. The van der Waals surface area contributed by atoms with Crippen LogP contribution in [-0.2, 0) is 4.79 Å². The van der Waals surface area contributed by atoms with E-state index in [9.17, 15) is 19.7 Å². The number of hydrogen-bond acceptors (Lipinski definition) is 7. The number of aromatic nitrogens is 1. The summed E-state index contributed by atoms with van der Waals surface area (Å²) in [6, 6.07) is 15.6. The molecule has 0 unspecified atom stereocenters. The summed E-state index contributed by atoms with van der Waals surface area (Å²) in [5, 5.41) is 14.5. The number of nitro benzene ring substituents is 1. The SMILES string of the molecule is Cc1nc(-c2ccccc2)sc1C(=O)NNC(=O)CCCNc1ccc([N+](=O)[O-])cc1. The van der Waals surface area contributed by atoms with E-state index < -0.39 is 10.8 Å². The maximum Gasteiger partial charge on any atom is 0.281 e. The van der Waals surface area contributed by atoms with Gasteiger partial charge < -0.3 is 5.32 Å². The van der Waals surface area contributed by atoms with E-state index in [1.165, 1.54) is 23.5 Å². The Labute approximate surface area is 182 Å². The lowest BCUT2D eigenvalue weighted by Crippen LogP contribution is -2.41. The molecule has 0 aliphatic rings. The van der Waals surface area contributed by atoms with E-state index in [1.807, 2.05) is 30.3 Å². The Bertz CT molecular complexity index is 1070. The van der Waals surface area contributed by atoms with Crippen molar-refractivity contribution in [2.24, 2.45) is 0 Å². The molecular weight excluding hydrogens is 418 g/mol. The van der Waals surface area contributed by atoms with Crippen molar-refractivity contribution in [1.82, 2.24) is 15.8 Å². The highest BCUT2D eigenvalue weighted by molar-refractivity contribution is 7.17. The second-order valence-electron chi connectivity index (χ2n) is 6.64. The van der Waals surface area contributed by atoms with Crippen LogP contribution < -0.4 is 16.2 Å². The summed E-state index contributed by atoms with van der Waals surface area (Å²) >= 11 is 1.27. The lowest BCUT2D eigenvalue weighted by Gasteiger charge is -2.08. The van der Waals surface area contributed by atoms with Gasteiger partial charge in [0.2, 0.25) is 5.91 Å². The molecule has 31 heavy (non-hydrogen) atoms.